The summed E-state index contributed by atoms with van der Waals surface area (Å²) in [5.74, 6) is 0.687. The van der Waals surface area contributed by atoms with Crippen molar-refractivity contribution in [3.63, 3.8) is 0 Å². The Kier molecular flexibility index (Phi) is 6.06. The zero-order chi connectivity index (χ0) is 20.8. The van der Waals surface area contributed by atoms with Crippen molar-refractivity contribution in [2.75, 3.05) is 13.6 Å². The van der Waals surface area contributed by atoms with Gasteiger partial charge >= 0.3 is 0 Å². The molecule has 1 amide bonds. The summed E-state index contributed by atoms with van der Waals surface area (Å²) in [5.41, 5.74) is 4.03. The van der Waals surface area contributed by atoms with E-state index in [1.807, 2.05) is 83.5 Å². The number of para-hydroxylation sites is 1. The van der Waals surface area contributed by atoms with E-state index in [9.17, 15) is 4.79 Å². The van der Waals surface area contributed by atoms with Gasteiger partial charge in [-0.15, -0.1) is 0 Å². The predicted octanol–water partition coefficient (Wildman–Crippen LogP) is 3.88. The van der Waals surface area contributed by atoms with Gasteiger partial charge in [-0.3, -0.25) is 9.69 Å². The van der Waals surface area contributed by atoms with Crippen LogP contribution in [0.4, 0.5) is 0 Å². The lowest BCUT2D eigenvalue weighted by atomic mass is 10.1. The minimum absolute atomic E-state index is 0.0504. The molecule has 0 saturated carbocycles. The van der Waals surface area contributed by atoms with Gasteiger partial charge in [-0.25, -0.2) is 4.68 Å². The van der Waals surface area contributed by atoms with Crippen molar-refractivity contribution in [3.05, 3.63) is 96.6 Å². The molecule has 0 aliphatic carbocycles. The molecule has 2 heterocycles. The Bertz CT molecular complexity index is 1070. The van der Waals surface area contributed by atoms with Crippen LogP contribution in [0.2, 0.25) is 0 Å². The third kappa shape index (κ3) is 4.85. The van der Waals surface area contributed by atoms with Gasteiger partial charge in [-0.2, -0.15) is 5.10 Å². The third-order valence-corrected chi connectivity index (χ3v) is 4.75. The molecule has 0 fully saturated rings. The Labute approximate surface area is 175 Å². The highest BCUT2D eigenvalue weighted by Crippen LogP contribution is 2.24. The summed E-state index contributed by atoms with van der Waals surface area (Å²) < 4.78 is 7.15. The zero-order valence-corrected chi connectivity index (χ0v) is 16.9. The van der Waals surface area contributed by atoms with E-state index < -0.39 is 0 Å². The molecule has 2 aromatic heterocycles. The van der Waals surface area contributed by atoms with Crippen molar-refractivity contribution in [2.45, 2.75) is 13.1 Å². The van der Waals surface area contributed by atoms with E-state index in [0.29, 0.717) is 13.1 Å². The van der Waals surface area contributed by atoms with E-state index in [2.05, 4.69) is 17.4 Å². The molecule has 0 radical (unpaired) electrons. The van der Waals surface area contributed by atoms with Crippen LogP contribution < -0.4 is 5.32 Å². The number of amides is 1. The maximum Gasteiger partial charge on any atom is 0.234 e. The number of nitrogens with zero attached hydrogens (tertiary/aromatic N) is 3. The number of hydrogen-bond acceptors (Lipinski definition) is 4. The van der Waals surface area contributed by atoms with Gasteiger partial charge in [-0.05, 0) is 31.3 Å². The first-order valence-corrected chi connectivity index (χ1v) is 9.86. The lowest BCUT2D eigenvalue weighted by molar-refractivity contribution is -0.122. The fourth-order valence-corrected chi connectivity index (χ4v) is 3.32. The number of rotatable bonds is 8. The van der Waals surface area contributed by atoms with Crippen LogP contribution in [0.15, 0.2) is 89.7 Å². The van der Waals surface area contributed by atoms with Crippen molar-refractivity contribution in [1.29, 1.82) is 0 Å². The quantitative estimate of drug-likeness (QED) is 0.488. The average molecular weight is 400 g/mol. The molecule has 4 rings (SSSR count). The lowest BCUT2D eigenvalue weighted by Crippen LogP contribution is -2.34. The number of aromatic nitrogens is 2. The summed E-state index contributed by atoms with van der Waals surface area (Å²) >= 11 is 0. The number of nitrogens with one attached hydrogen (secondary N) is 1. The van der Waals surface area contributed by atoms with Gasteiger partial charge < -0.3 is 9.73 Å². The molecule has 4 aromatic rings. The van der Waals surface area contributed by atoms with E-state index in [-0.39, 0.29) is 12.5 Å². The molecule has 0 spiro atoms. The number of carbonyl (C=O) groups excluding carboxylic acids is 1. The first kappa shape index (κ1) is 19.7. The van der Waals surface area contributed by atoms with E-state index in [1.54, 1.807) is 6.26 Å². The van der Waals surface area contributed by atoms with Gasteiger partial charge in [0.05, 0.1) is 30.7 Å². The van der Waals surface area contributed by atoms with Crippen LogP contribution in [0.5, 0.6) is 0 Å². The smallest absolute Gasteiger partial charge is 0.234 e. The fraction of sp³-hybridized carbons (Fsp3) is 0.167. The van der Waals surface area contributed by atoms with Crippen molar-refractivity contribution >= 4 is 5.91 Å². The van der Waals surface area contributed by atoms with Crippen molar-refractivity contribution in [1.82, 2.24) is 20.0 Å². The van der Waals surface area contributed by atoms with Crippen LogP contribution in [0.3, 0.4) is 0 Å². The van der Waals surface area contributed by atoms with Gasteiger partial charge in [0.2, 0.25) is 5.91 Å². The molecule has 0 saturated heterocycles. The van der Waals surface area contributed by atoms with Gasteiger partial charge in [0.1, 0.15) is 5.76 Å². The molecule has 1 N–H and O–H groups in total. The highest BCUT2D eigenvalue weighted by Gasteiger charge is 2.15. The van der Waals surface area contributed by atoms with E-state index in [4.69, 9.17) is 9.52 Å². The first-order valence-electron chi connectivity index (χ1n) is 9.86. The maximum atomic E-state index is 12.3. The third-order valence-electron chi connectivity index (χ3n) is 4.75. The number of carbonyl (C=O) groups is 1. The fourth-order valence-electron chi connectivity index (χ4n) is 3.32. The molecular formula is C24H24N4O2. The predicted molar refractivity (Wildman–Crippen MR) is 116 cm³/mol. The summed E-state index contributed by atoms with van der Waals surface area (Å²) in [6.45, 7) is 1.28. The second-order valence-electron chi connectivity index (χ2n) is 7.18. The Balaban J connectivity index is 1.49. The molecule has 0 aliphatic rings. The van der Waals surface area contributed by atoms with E-state index in [0.717, 1.165) is 28.3 Å². The molecular weight excluding hydrogens is 376 g/mol. The lowest BCUT2D eigenvalue weighted by Gasteiger charge is -2.16. The molecule has 2 aromatic carbocycles. The van der Waals surface area contributed by atoms with Crippen molar-refractivity contribution < 1.29 is 9.21 Å². The normalized spacial score (nSPS) is 11.0. The highest BCUT2D eigenvalue weighted by molar-refractivity contribution is 5.78. The second kappa shape index (κ2) is 9.24. The molecule has 0 atom stereocenters. The monoisotopic (exact) mass is 400 g/mol. The maximum absolute atomic E-state index is 12.3. The Morgan fingerprint density at radius 2 is 1.77 bits per heavy atom. The van der Waals surface area contributed by atoms with Gasteiger partial charge in [0, 0.05) is 23.9 Å². The number of likely N-dealkylation sites (N-methyl/N-ethyl adjacent to an activating group) is 1. The zero-order valence-electron chi connectivity index (χ0n) is 16.9. The molecule has 152 valence electrons. The summed E-state index contributed by atoms with van der Waals surface area (Å²) in [5, 5.41) is 7.71. The molecule has 0 bridgehead atoms. The Morgan fingerprint density at radius 1 is 1.03 bits per heavy atom. The van der Waals surface area contributed by atoms with E-state index in [1.165, 1.54) is 0 Å². The molecule has 30 heavy (non-hydrogen) atoms. The van der Waals surface area contributed by atoms with Gasteiger partial charge in [0.15, 0.2) is 0 Å². The summed E-state index contributed by atoms with van der Waals surface area (Å²) in [4.78, 5) is 14.3. The van der Waals surface area contributed by atoms with Gasteiger partial charge in [0.25, 0.3) is 0 Å². The van der Waals surface area contributed by atoms with Crippen LogP contribution in [0.1, 0.15) is 11.3 Å². The second-order valence-corrected chi connectivity index (χ2v) is 7.18. The molecule has 6 heteroatoms. The van der Waals surface area contributed by atoms with Crippen LogP contribution in [0.25, 0.3) is 16.9 Å². The number of hydrogen-bond donors (Lipinski definition) is 1. The standard InChI is InChI=1S/C24H24N4O2/c1-27(18-23(29)25-15-22-13-8-14-30-22)16-20-17-28(21-11-6-3-7-12-21)26-24(20)19-9-4-2-5-10-19/h2-14,17H,15-16,18H2,1H3,(H,25,29). The SMILES string of the molecule is CN(CC(=O)NCc1ccco1)Cc1cn(-c2ccccc2)nc1-c1ccccc1. The van der Waals surface area contributed by atoms with Crippen molar-refractivity contribution in [3.8, 4) is 16.9 Å². The van der Waals surface area contributed by atoms with Crippen LogP contribution in [-0.2, 0) is 17.9 Å². The summed E-state index contributed by atoms with van der Waals surface area (Å²) in [7, 11) is 1.93. The van der Waals surface area contributed by atoms with Crippen molar-refractivity contribution in [2.24, 2.45) is 0 Å². The largest absolute Gasteiger partial charge is 0.467 e. The first-order chi connectivity index (χ1) is 14.7. The summed E-state index contributed by atoms with van der Waals surface area (Å²) in [6.07, 6.45) is 3.64. The van der Waals surface area contributed by atoms with Gasteiger partial charge in [-0.1, -0.05) is 48.5 Å². The topological polar surface area (TPSA) is 63.3 Å². The minimum Gasteiger partial charge on any atom is -0.467 e. The summed E-state index contributed by atoms with van der Waals surface area (Å²) in [6, 6.07) is 23.8. The highest BCUT2D eigenvalue weighted by atomic mass is 16.3. The minimum atomic E-state index is -0.0504. The van der Waals surface area contributed by atoms with Crippen LogP contribution >= 0.6 is 0 Å². The average Bonchev–Trinajstić information content (AvgIpc) is 3.43. The van der Waals surface area contributed by atoms with E-state index >= 15 is 0 Å². The Hall–Kier alpha value is -3.64. The number of furan rings is 1. The number of benzene rings is 2. The van der Waals surface area contributed by atoms with Crippen LogP contribution in [-0.4, -0.2) is 34.2 Å². The Morgan fingerprint density at radius 3 is 2.47 bits per heavy atom. The molecule has 0 unspecified atom stereocenters. The van der Waals surface area contributed by atoms with Crippen LogP contribution in [0, 0.1) is 0 Å². The molecule has 6 nitrogen and oxygen atoms in total. The molecule has 0 aliphatic heterocycles.